The molecule has 1 aromatic carbocycles. The predicted molar refractivity (Wildman–Crippen MR) is 51.4 cm³/mol. The van der Waals surface area contributed by atoms with Crippen molar-refractivity contribution < 1.29 is 5.11 Å². The van der Waals surface area contributed by atoms with Crippen LogP contribution in [0.3, 0.4) is 0 Å². The number of aliphatic hydroxyl groups excluding tert-OH is 1. The van der Waals surface area contributed by atoms with Crippen LogP contribution in [0.25, 0.3) is 10.9 Å². The zero-order valence-corrected chi connectivity index (χ0v) is 7.51. The van der Waals surface area contributed by atoms with Crippen LogP contribution in [0.1, 0.15) is 6.92 Å². The number of benzene rings is 1. The van der Waals surface area contributed by atoms with Crippen molar-refractivity contribution in [2.24, 2.45) is 0 Å². The number of para-hydroxylation sites is 1. The Labute approximate surface area is 76.6 Å². The molecule has 0 spiro atoms. The lowest BCUT2D eigenvalue weighted by Crippen LogP contribution is -2.12. The van der Waals surface area contributed by atoms with E-state index in [1.54, 1.807) is 6.92 Å². The molecule has 1 N–H and O–H groups in total. The second kappa shape index (κ2) is 3.18. The van der Waals surface area contributed by atoms with Crippen molar-refractivity contribution in [3.63, 3.8) is 0 Å². The molecule has 0 saturated heterocycles. The Morgan fingerprint density at radius 2 is 2.23 bits per heavy atom. The van der Waals surface area contributed by atoms with E-state index in [1.807, 2.05) is 35.1 Å². The Balaban J connectivity index is 2.46. The quantitative estimate of drug-likeness (QED) is 0.751. The summed E-state index contributed by atoms with van der Waals surface area (Å²) in [7, 11) is 0. The van der Waals surface area contributed by atoms with Gasteiger partial charge in [0.05, 0.1) is 24.4 Å². The van der Waals surface area contributed by atoms with E-state index in [0.29, 0.717) is 6.54 Å². The topological polar surface area (TPSA) is 38.0 Å². The third kappa shape index (κ3) is 1.55. The van der Waals surface area contributed by atoms with Crippen molar-refractivity contribution in [2.75, 3.05) is 0 Å². The van der Waals surface area contributed by atoms with Gasteiger partial charge in [-0.25, -0.2) is 0 Å². The zero-order valence-electron chi connectivity index (χ0n) is 7.51. The SMILES string of the molecule is C[C@@H](O)Cn1ncc2ccccc21. The second-order valence-electron chi connectivity index (χ2n) is 3.23. The fraction of sp³-hybridized carbons (Fsp3) is 0.300. The Kier molecular flexibility index (Phi) is 2.02. The summed E-state index contributed by atoms with van der Waals surface area (Å²) in [6, 6.07) is 7.98. The maximum Gasteiger partial charge on any atom is 0.0708 e. The molecular weight excluding hydrogens is 164 g/mol. The van der Waals surface area contributed by atoms with Gasteiger partial charge in [-0.15, -0.1) is 0 Å². The largest absolute Gasteiger partial charge is 0.391 e. The number of hydrogen-bond donors (Lipinski definition) is 1. The van der Waals surface area contributed by atoms with Crippen LogP contribution >= 0.6 is 0 Å². The third-order valence-electron chi connectivity index (χ3n) is 1.99. The van der Waals surface area contributed by atoms with E-state index >= 15 is 0 Å². The summed E-state index contributed by atoms with van der Waals surface area (Å²) in [4.78, 5) is 0. The first-order valence-corrected chi connectivity index (χ1v) is 4.36. The fourth-order valence-electron chi connectivity index (χ4n) is 1.42. The van der Waals surface area contributed by atoms with Gasteiger partial charge in [-0.2, -0.15) is 5.10 Å². The molecule has 13 heavy (non-hydrogen) atoms. The summed E-state index contributed by atoms with van der Waals surface area (Å²) in [5.41, 5.74) is 1.07. The summed E-state index contributed by atoms with van der Waals surface area (Å²) < 4.78 is 1.82. The molecule has 0 aliphatic heterocycles. The van der Waals surface area contributed by atoms with Gasteiger partial charge in [0, 0.05) is 5.39 Å². The van der Waals surface area contributed by atoms with Gasteiger partial charge in [0.25, 0.3) is 0 Å². The van der Waals surface area contributed by atoms with E-state index < -0.39 is 0 Å². The van der Waals surface area contributed by atoms with Crippen LogP contribution in [0.15, 0.2) is 30.5 Å². The van der Waals surface area contributed by atoms with E-state index in [0.717, 1.165) is 10.9 Å². The molecule has 1 atom stereocenters. The summed E-state index contributed by atoms with van der Waals surface area (Å²) >= 11 is 0. The third-order valence-corrected chi connectivity index (χ3v) is 1.99. The van der Waals surface area contributed by atoms with Crippen LogP contribution in [0.2, 0.25) is 0 Å². The van der Waals surface area contributed by atoms with Gasteiger partial charge < -0.3 is 5.11 Å². The Morgan fingerprint density at radius 1 is 1.46 bits per heavy atom. The normalized spacial score (nSPS) is 13.4. The van der Waals surface area contributed by atoms with E-state index in [1.165, 1.54) is 0 Å². The molecule has 68 valence electrons. The van der Waals surface area contributed by atoms with Crippen molar-refractivity contribution in [1.82, 2.24) is 9.78 Å². The average molecular weight is 176 g/mol. The van der Waals surface area contributed by atoms with E-state index in [2.05, 4.69) is 5.10 Å². The average Bonchev–Trinajstić information content (AvgIpc) is 2.48. The summed E-state index contributed by atoms with van der Waals surface area (Å²) in [6.07, 6.45) is 1.46. The molecule has 0 aliphatic rings. The van der Waals surface area contributed by atoms with Crippen LogP contribution in [0.5, 0.6) is 0 Å². The van der Waals surface area contributed by atoms with Crippen LogP contribution in [0, 0.1) is 0 Å². The fourth-order valence-corrected chi connectivity index (χ4v) is 1.42. The lowest BCUT2D eigenvalue weighted by Gasteiger charge is -2.05. The minimum atomic E-state index is -0.358. The van der Waals surface area contributed by atoms with Gasteiger partial charge in [-0.3, -0.25) is 4.68 Å². The Hall–Kier alpha value is -1.35. The maximum absolute atomic E-state index is 9.22. The molecule has 0 fully saturated rings. The van der Waals surface area contributed by atoms with Crippen molar-refractivity contribution in [3.8, 4) is 0 Å². The lowest BCUT2D eigenvalue weighted by molar-refractivity contribution is 0.170. The smallest absolute Gasteiger partial charge is 0.0708 e. The highest BCUT2D eigenvalue weighted by molar-refractivity contribution is 5.78. The first kappa shape index (κ1) is 8.26. The second-order valence-corrected chi connectivity index (χ2v) is 3.23. The van der Waals surface area contributed by atoms with Crippen LogP contribution in [-0.4, -0.2) is 21.0 Å². The van der Waals surface area contributed by atoms with Gasteiger partial charge >= 0.3 is 0 Å². The van der Waals surface area contributed by atoms with Crippen molar-refractivity contribution in [3.05, 3.63) is 30.5 Å². The number of fused-ring (bicyclic) bond motifs is 1. The first-order chi connectivity index (χ1) is 6.27. The Bertz CT molecular complexity index is 406. The predicted octanol–water partition coefficient (Wildman–Crippen LogP) is 1.42. The molecule has 0 amide bonds. The number of aromatic nitrogens is 2. The number of aliphatic hydroxyl groups is 1. The van der Waals surface area contributed by atoms with Crippen LogP contribution < -0.4 is 0 Å². The molecule has 0 aliphatic carbocycles. The summed E-state index contributed by atoms with van der Waals surface area (Å²) in [5, 5.41) is 14.5. The summed E-state index contributed by atoms with van der Waals surface area (Å²) in [6.45, 7) is 2.31. The number of nitrogens with zero attached hydrogens (tertiary/aromatic N) is 2. The summed E-state index contributed by atoms with van der Waals surface area (Å²) in [5.74, 6) is 0. The highest BCUT2D eigenvalue weighted by Crippen LogP contribution is 2.12. The van der Waals surface area contributed by atoms with E-state index in [-0.39, 0.29) is 6.10 Å². The van der Waals surface area contributed by atoms with Gasteiger partial charge in [-0.1, -0.05) is 18.2 Å². The molecule has 0 saturated carbocycles. The van der Waals surface area contributed by atoms with Gasteiger partial charge in [0.2, 0.25) is 0 Å². The number of rotatable bonds is 2. The molecule has 1 aromatic heterocycles. The molecule has 3 nitrogen and oxygen atoms in total. The van der Waals surface area contributed by atoms with Crippen molar-refractivity contribution in [2.45, 2.75) is 19.6 Å². The van der Waals surface area contributed by atoms with Gasteiger partial charge in [0.15, 0.2) is 0 Å². The maximum atomic E-state index is 9.22. The minimum absolute atomic E-state index is 0.358. The van der Waals surface area contributed by atoms with Crippen LogP contribution in [0.4, 0.5) is 0 Å². The molecule has 1 heterocycles. The van der Waals surface area contributed by atoms with E-state index in [4.69, 9.17) is 0 Å². The molecule has 0 unspecified atom stereocenters. The minimum Gasteiger partial charge on any atom is -0.391 e. The highest BCUT2D eigenvalue weighted by Gasteiger charge is 2.03. The van der Waals surface area contributed by atoms with Crippen molar-refractivity contribution >= 4 is 10.9 Å². The van der Waals surface area contributed by atoms with Gasteiger partial charge in [-0.05, 0) is 13.0 Å². The molecule has 2 aromatic rings. The van der Waals surface area contributed by atoms with Crippen molar-refractivity contribution in [1.29, 1.82) is 0 Å². The van der Waals surface area contributed by atoms with Crippen LogP contribution in [-0.2, 0) is 6.54 Å². The molecular formula is C10H12N2O. The standard InChI is InChI=1S/C10H12N2O/c1-8(13)7-12-10-5-3-2-4-9(10)6-11-12/h2-6,8,13H,7H2,1H3/t8-/m1/s1. The monoisotopic (exact) mass is 176 g/mol. The molecule has 0 radical (unpaired) electrons. The zero-order chi connectivity index (χ0) is 9.26. The first-order valence-electron chi connectivity index (χ1n) is 4.36. The highest BCUT2D eigenvalue weighted by atomic mass is 16.3. The molecule has 0 bridgehead atoms. The molecule has 2 rings (SSSR count). The molecule has 3 heteroatoms. The number of hydrogen-bond acceptors (Lipinski definition) is 2. The Morgan fingerprint density at radius 3 is 3.00 bits per heavy atom. The van der Waals surface area contributed by atoms with Gasteiger partial charge in [0.1, 0.15) is 0 Å². The van der Waals surface area contributed by atoms with E-state index in [9.17, 15) is 5.11 Å². The lowest BCUT2D eigenvalue weighted by atomic mass is 10.2.